The van der Waals surface area contributed by atoms with Crippen LogP contribution in [-0.4, -0.2) is 21.6 Å². The van der Waals surface area contributed by atoms with Gasteiger partial charge in [-0.3, -0.25) is 4.79 Å². The van der Waals surface area contributed by atoms with E-state index in [2.05, 4.69) is 0 Å². The molecular weight excluding hydrogens is 336 g/mol. The predicted molar refractivity (Wildman–Crippen MR) is 94.9 cm³/mol. The Kier molecular flexibility index (Phi) is 3.83. The highest BCUT2D eigenvalue weighted by Gasteiger charge is 2.33. The first-order valence-electron chi connectivity index (χ1n) is 8.61. The fraction of sp³-hybridized carbons (Fsp3) is 0.300. The van der Waals surface area contributed by atoms with Crippen molar-refractivity contribution < 1.29 is 24.5 Å². The van der Waals surface area contributed by atoms with E-state index < -0.39 is 16.9 Å². The van der Waals surface area contributed by atoms with Gasteiger partial charge >= 0.3 is 0 Å². The zero-order valence-corrected chi connectivity index (χ0v) is 13.9. The van der Waals surface area contributed by atoms with E-state index in [1.54, 1.807) is 12.1 Å². The summed E-state index contributed by atoms with van der Waals surface area (Å²) in [7, 11) is 0. The zero-order chi connectivity index (χ0) is 18.4. The number of hydrogen-bond acceptors (Lipinski definition) is 6. The molecule has 4 rings (SSSR count). The molecule has 0 spiro atoms. The number of aldehydes is 1. The first-order valence-corrected chi connectivity index (χ1v) is 8.61. The number of aromatic hydroxyl groups is 3. The molecule has 1 aliphatic heterocycles. The fourth-order valence-corrected chi connectivity index (χ4v) is 4.07. The number of fused-ring (bicyclic) bond motifs is 2. The molecule has 0 amide bonds. The van der Waals surface area contributed by atoms with Crippen LogP contribution in [0, 0.1) is 5.92 Å². The van der Waals surface area contributed by atoms with Crippen LogP contribution in [0.5, 0.6) is 17.2 Å². The maximum absolute atomic E-state index is 11.9. The van der Waals surface area contributed by atoms with Crippen molar-refractivity contribution in [2.75, 3.05) is 0 Å². The summed E-state index contributed by atoms with van der Waals surface area (Å²) in [5.74, 6) is -1.73. The van der Waals surface area contributed by atoms with Gasteiger partial charge in [-0.2, -0.15) is 0 Å². The molecule has 134 valence electrons. The molecule has 1 fully saturated rings. The first kappa shape index (κ1) is 16.4. The van der Waals surface area contributed by atoms with Crippen molar-refractivity contribution in [3.63, 3.8) is 0 Å². The van der Waals surface area contributed by atoms with E-state index in [-0.39, 0.29) is 28.9 Å². The summed E-state index contributed by atoms with van der Waals surface area (Å²) in [6.07, 6.45) is 4.42. The van der Waals surface area contributed by atoms with Gasteiger partial charge in [0.2, 0.25) is 16.9 Å². The Morgan fingerprint density at radius 2 is 1.77 bits per heavy atom. The Hall–Kier alpha value is -3.02. The van der Waals surface area contributed by atoms with Crippen molar-refractivity contribution in [1.82, 2.24) is 0 Å². The third kappa shape index (κ3) is 2.33. The SMILES string of the molecule is O=C[C@H]1CCCCC1c1c2ccc(=O)c(O)c-2oc2c(O)c(O)ccc12. The van der Waals surface area contributed by atoms with Gasteiger partial charge in [0.05, 0.1) is 0 Å². The van der Waals surface area contributed by atoms with E-state index >= 15 is 0 Å². The third-order valence-electron chi connectivity index (χ3n) is 5.35. The molecule has 2 aliphatic carbocycles. The van der Waals surface area contributed by atoms with E-state index in [1.165, 1.54) is 12.1 Å². The van der Waals surface area contributed by atoms with Crippen LogP contribution in [0.3, 0.4) is 0 Å². The monoisotopic (exact) mass is 354 g/mol. The van der Waals surface area contributed by atoms with Gasteiger partial charge in [0.25, 0.3) is 0 Å². The Morgan fingerprint density at radius 1 is 1.00 bits per heavy atom. The molecule has 1 saturated carbocycles. The number of carbonyl (C=O) groups is 1. The van der Waals surface area contributed by atoms with Crippen LogP contribution >= 0.6 is 0 Å². The van der Waals surface area contributed by atoms with Crippen LogP contribution in [0.2, 0.25) is 0 Å². The molecule has 1 heterocycles. The summed E-state index contributed by atoms with van der Waals surface area (Å²) < 4.78 is 5.62. The Morgan fingerprint density at radius 3 is 2.54 bits per heavy atom. The van der Waals surface area contributed by atoms with Gasteiger partial charge in [0, 0.05) is 16.9 Å². The lowest BCUT2D eigenvalue weighted by atomic mass is 9.73. The van der Waals surface area contributed by atoms with Crippen LogP contribution in [0.15, 0.2) is 33.5 Å². The molecule has 0 aromatic heterocycles. The molecular formula is C20H18O6. The van der Waals surface area contributed by atoms with Gasteiger partial charge in [0.1, 0.15) is 6.29 Å². The molecule has 3 aliphatic rings. The minimum Gasteiger partial charge on any atom is -0.504 e. The molecule has 0 saturated heterocycles. The first-order chi connectivity index (χ1) is 12.5. The Balaban J connectivity index is 2.14. The molecule has 1 aromatic rings. The Bertz CT molecular complexity index is 1030. The molecule has 0 bridgehead atoms. The van der Waals surface area contributed by atoms with Gasteiger partial charge in [-0.25, -0.2) is 0 Å². The second-order valence-electron chi connectivity index (χ2n) is 6.81. The highest BCUT2D eigenvalue weighted by Crippen LogP contribution is 2.49. The van der Waals surface area contributed by atoms with Crippen molar-refractivity contribution in [3.8, 4) is 28.6 Å². The van der Waals surface area contributed by atoms with Crippen LogP contribution in [0.25, 0.3) is 22.3 Å². The van der Waals surface area contributed by atoms with Gasteiger partial charge in [-0.15, -0.1) is 0 Å². The molecule has 1 unspecified atom stereocenters. The largest absolute Gasteiger partial charge is 0.504 e. The van der Waals surface area contributed by atoms with Crippen molar-refractivity contribution in [3.05, 3.63) is 40.1 Å². The fourth-order valence-electron chi connectivity index (χ4n) is 4.07. The molecule has 6 nitrogen and oxygen atoms in total. The van der Waals surface area contributed by atoms with E-state index in [0.29, 0.717) is 10.9 Å². The van der Waals surface area contributed by atoms with Crippen LogP contribution < -0.4 is 5.43 Å². The van der Waals surface area contributed by atoms with Crippen molar-refractivity contribution >= 4 is 17.3 Å². The van der Waals surface area contributed by atoms with E-state index in [9.17, 15) is 24.9 Å². The minimum atomic E-state index is -0.596. The molecule has 0 radical (unpaired) electrons. The van der Waals surface area contributed by atoms with E-state index in [1.807, 2.05) is 0 Å². The molecule has 2 atom stereocenters. The number of rotatable bonds is 2. The lowest BCUT2D eigenvalue weighted by Crippen LogP contribution is -2.20. The minimum absolute atomic E-state index is 0.0105. The summed E-state index contributed by atoms with van der Waals surface area (Å²) >= 11 is 0. The predicted octanol–water partition coefficient (Wildman–Crippen LogP) is 3.49. The number of phenols is 3. The van der Waals surface area contributed by atoms with Crippen LogP contribution in [-0.2, 0) is 4.79 Å². The van der Waals surface area contributed by atoms with Gasteiger partial charge < -0.3 is 24.5 Å². The number of carbonyl (C=O) groups excluding carboxylic acids is 1. The lowest BCUT2D eigenvalue weighted by Gasteiger charge is -2.31. The Labute approximate surface area is 148 Å². The van der Waals surface area contributed by atoms with Crippen LogP contribution in [0.4, 0.5) is 0 Å². The maximum Gasteiger partial charge on any atom is 0.224 e. The normalized spacial score (nSPS) is 20.5. The van der Waals surface area contributed by atoms with Gasteiger partial charge in [-0.05, 0) is 48.6 Å². The lowest BCUT2D eigenvalue weighted by molar-refractivity contribution is -0.112. The molecule has 26 heavy (non-hydrogen) atoms. The number of hydrogen-bond donors (Lipinski definition) is 3. The third-order valence-corrected chi connectivity index (χ3v) is 5.35. The molecule has 1 aromatic carbocycles. The quantitative estimate of drug-likeness (QED) is 0.369. The average molecular weight is 354 g/mol. The number of phenolic OH excluding ortho intramolecular Hbond substituents is 3. The van der Waals surface area contributed by atoms with Crippen molar-refractivity contribution in [1.29, 1.82) is 0 Å². The highest BCUT2D eigenvalue weighted by atomic mass is 16.4. The summed E-state index contributed by atoms with van der Waals surface area (Å²) in [5.41, 5.74) is 0.687. The molecule has 3 N–H and O–H groups in total. The summed E-state index contributed by atoms with van der Waals surface area (Å²) in [6.45, 7) is 0. The van der Waals surface area contributed by atoms with Crippen LogP contribution in [0.1, 0.15) is 37.2 Å². The topological polar surface area (TPSA) is 108 Å². The second kappa shape index (κ2) is 6.05. The van der Waals surface area contributed by atoms with Crippen molar-refractivity contribution in [2.24, 2.45) is 5.92 Å². The average Bonchev–Trinajstić information content (AvgIpc) is 2.66. The second-order valence-corrected chi connectivity index (χ2v) is 6.81. The van der Waals surface area contributed by atoms with Crippen molar-refractivity contribution in [2.45, 2.75) is 31.6 Å². The summed E-state index contributed by atoms with van der Waals surface area (Å²) in [4.78, 5) is 23.5. The standard InChI is InChI=1S/C20H18O6/c21-9-10-3-1-2-4-11(10)16-12-5-7-14(22)17(24)19(12)26-20-13(16)6-8-15(23)18(20)25/h5-11,22,24-25H,1-4H2/t10-,11?/m1/s1. The van der Waals surface area contributed by atoms with Gasteiger partial charge in [-0.1, -0.05) is 12.8 Å². The van der Waals surface area contributed by atoms with E-state index in [0.717, 1.165) is 37.5 Å². The van der Waals surface area contributed by atoms with E-state index in [4.69, 9.17) is 4.42 Å². The smallest absolute Gasteiger partial charge is 0.224 e. The molecule has 6 heteroatoms. The summed E-state index contributed by atoms with van der Waals surface area (Å²) in [6, 6.07) is 5.84. The maximum atomic E-state index is 11.9. The van der Waals surface area contributed by atoms with Gasteiger partial charge in [0.15, 0.2) is 17.1 Å². The highest BCUT2D eigenvalue weighted by molar-refractivity contribution is 5.94. The number of benzene rings is 2. The summed E-state index contributed by atoms with van der Waals surface area (Å²) in [5, 5.41) is 30.8. The zero-order valence-electron chi connectivity index (χ0n) is 13.9.